The highest BCUT2D eigenvalue weighted by atomic mass is 32.2. The molecule has 0 bridgehead atoms. The highest BCUT2D eigenvalue weighted by molar-refractivity contribution is 7.93. The van der Waals surface area contributed by atoms with Crippen LogP contribution in [0.1, 0.15) is 80.1 Å². The number of carbonyl (C=O) groups is 5. The van der Waals surface area contributed by atoms with E-state index in [0.29, 0.717) is 19.4 Å². The summed E-state index contributed by atoms with van der Waals surface area (Å²) < 4.78 is 27.6. The summed E-state index contributed by atoms with van der Waals surface area (Å²) in [6, 6.07) is -4.45. The second kappa shape index (κ2) is 17.0. The monoisotopic (exact) mass is 728 g/mol. The van der Waals surface area contributed by atoms with E-state index < -0.39 is 74.6 Å². The highest BCUT2D eigenvalue weighted by Gasteiger charge is 2.52. The lowest BCUT2D eigenvalue weighted by Crippen LogP contribution is -2.62. The summed E-state index contributed by atoms with van der Waals surface area (Å²) in [7, 11) is -2.27. The Hall–Kier alpha value is -3.96. The molecule has 2 fully saturated rings. The predicted molar refractivity (Wildman–Crippen MR) is 196 cm³/mol. The van der Waals surface area contributed by atoms with Crippen LogP contribution in [0.5, 0.6) is 0 Å². The molecule has 0 aromatic heterocycles. The molecular formula is C37H56N6O7S. The topological polar surface area (TPSA) is 174 Å². The molecule has 6 atom stereocenters. The zero-order chi connectivity index (χ0) is 38.3. The normalized spacial score (nSPS) is 21.9. The number of Topliss-reactive ketones (excluding diaryl/α,β-unsaturated/α-hetero) is 1. The number of rotatable bonds is 15. The molecule has 0 spiro atoms. The number of urea groups is 1. The third-order valence-electron chi connectivity index (χ3n) is 9.94. The SMILES string of the molecule is C#CCCC(NC(=O)[C@@H]1[C@H]2CCC[C@H]2CN1C(=O)[C@@H](NC(=O)N[C@H](CN(C)S(=O)(=O)C1=CC=CC1)C(C)(C)C)C(C)(C)C)C(=O)C(=O)NCC=C. The van der Waals surface area contributed by atoms with Crippen molar-refractivity contribution in [3.8, 4) is 12.3 Å². The first-order chi connectivity index (χ1) is 23.7. The maximum Gasteiger partial charge on any atom is 0.315 e. The molecule has 1 heterocycles. The quantitative estimate of drug-likeness (QED) is 0.114. The van der Waals surface area contributed by atoms with Crippen LogP contribution >= 0.6 is 0 Å². The number of ketones is 1. The van der Waals surface area contributed by atoms with E-state index >= 15 is 0 Å². The van der Waals surface area contributed by atoms with Gasteiger partial charge in [0.15, 0.2) is 0 Å². The van der Waals surface area contributed by atoms with Gasteiger partial charge in [0.05, 0.1) is 10.9 Å². The van der Waals surface area contributed by atoms with Gasteiger partial charge in [-0.05, 0) is 48.0 Å². The summed E-state index contributed by atoms with van der Waals surface area (Å²) in [5.74, 6) is -0.365. The van der Waals surface area contributed by atoms with Crippen molar-refractivity contribution >= 4 is 39.6 Å². The van der Waals surface area contributed by atoms with Crippen LogP contribution in [0.25, 0.3) is 0 Å². The predicted octanol–water partition coefficient (Wildman–Crippen LogP) is 2.62. The Bertz CT molecular complexity index is 1570. The lowest BCUT2D eigenvalue weighted by Gasteiger charge is -2.38. The average Bonchev–Trinajstić information content (AvgIpc) is 3.81. The van der Waals surface area contributed by atoms with Gasteiger partial charge in [-0.2, -0.15) is 4.31 Å². The van der Waals surface area contributed by atoms with E-state index in [4.69, 9.17) is 6.42 Å². The molecule has 2 aliphatic carbocycles. The van der Waals surface area contributed by atoms with Crippen LogP contribution < -0.4 is 21.3 Å². The van der Waals surface area contributed by atoms with Gasteiger partial charge in [-0.25, -0.2) is 13.2 Å². The van der Waals surface area contributed by atoms with Crippen LogP contribution in [0.4, 0.5) is 4.79 Å². The standard InChI is InChI=1S/C37H56N6O7S/c1-10-12-20-27(30(44)33(46)38-21-11-2)39-32(45)29-26-19-15-16-24(26)22-43(29)34(47)31(37(6,7)8)41-35(48)40-28(36(3,4)5)23-42(9)51(49,50)25-17-13-14-18-25/h1,11,13-14,17,24,26-29,31H,2,12,15-16,18-23H2,3-9H3,(H,38,46)(H,39,45)(H2,40,41,48)/t24-,26-,27?,28+,29-,31+/m0/s1. The van der Waals surface area contributed by atoms with Gasteiger partial charge in [0.25, 0.3) is 5.91 Å². The molecule has 3 aliphatic rings. The van der Waals surface area contributed by atoms with Crippen molar-refractivity contribution in [1.29, 1.82) is 0 Å². The molecule has 13 nitrogen and oxygen atoms in total. The summed E-state index contributed by atoms with van der Waals surface area (Å²) in [6.07, 6.45) is 14.8. The van der Waals surface area contributed by atoms with Crippen molar-refractivity contribution < 1.29 is 32.4 Å². The van der Waals surface area contributed by atoms with Crippen LogP contribution in [-0.4, -0.2) is 98.0 Å². The van der Waals surface area contributed by atoms with Gasteiger partial charge in [0, 0.05) is 45.6 Å². The molecule has 0 aromatic rings. The molecule has 14 heteroatoms. The van der Waals surface area contributed by atoms with Crippen molar-refractivity contribution in [3.05, 3.63) is 35.8 Å². The van der Waals surface area contributed by atoms with E-state index in [1.54, 1.807) is 18.2 Å². The smallest absolute Gasteiger partial charge is 0.315 e. The molecule has 4 N–H and O–H groups in total. The molecule has 0 aromatic carbocycles. The lowest BCUT2D eigenvalue weighted by molar-refractivity contribution is -0.144. The fraction of sp³-hybridized carbons (Fsp3) is 0.649. The van der Waals surface area contributed by atoms with E-state index in [0.717, 1.165) is 12.8 Å². The fourth-order valence-electron chi connectivity index (χ4n) is 6.89. The molecule has 1 unspecified atom stereocenters. The largest absolute Gasteiger partial charge is 0.346 e. The number of nitrogens with one attached hydrogen (secondary N) is 4. The first-order valence-electron chi connectivity index (χ1n) is 17.6. The Morgan fingerprint density at radius 1 is 1.08 bits per heavy atom. The third kappa shape index (κ3) is 10.3. The number of likely N-dealkylation sites (N-methyl/N-ethyl adjacent to an activating group) is 1. The molecule has 5 amide bonds. The van der Waals surface area contributed by atoms with Crippen LogP contribution in [0.2, 0.25) is 0 Å². The van der Waals surface area contributed by atoms with Crippen LogP contribution in [0, 0.1) is 35.0 Å². The van der Waals surface area contributed by atoms with E-state index in [1.165, 1.54) is 22.3 Å². The zero-order valence-electron chi connectivity index (χ0n) is 31.1. The number of hydrogen-bond donors (Lipinski definition) is 4. The first kappa shape index (κ1) is 41.5. The second-order valence-corrected chi connectivity index (χ2v) is 17.9. The number of allylic oxidation sites excluding steroid dienone is 4. The Kier molecular flexibility index (Phi) is 13.9. The van der Waals surface area contributed by atoms with Crippen LogP contribution in [0.15, 0.2) is 35.8 Å². The fourth-order valence-corrected chi connectivity index (χ4v) is 8.19. The number of nitrogens with zero attached hydrogens (tertiary/aromatic N) is 2. The minimum absolute atomic E-state index is 0.00632. The van der Waals surface area contributed by atoms with Crippen molar-refractivity contribution in [2.75, 3.05) is 26.7 Å². The highest BCUT2D eigenvalue weighted by Crippen LogP contribution is 2.43. The van der Waals surface area contributed by atoms with E-state index in [1.807, 2.05) is 41.5 Å². The maximum absolute atomic E-state index is 14.5. The Morgan fingerprint density at radius 3 is 2.33 bits per heavy atom. The molecule has 1 saturated carbocycles. The molecule has 0 radical (unpaired) electrons. The number of amides is 5. The van der Waals surface area contributed by atoms with Gasteiger partial charge in [-0.15, -0.1) is 18.9 Å². The summed E-state index contributed by atoms with van der Waals surface area (Å²) in [5.41, 5.74) is -1.35. The van der Waals surface area contributed by atoms with Gasteiger partial charge < -0.3 is 26.2 Å². The van der Waals surface area contributed by atoms with E-state index in [2.05, 4.69) is 33.8 Å². The van der Waals surface area contributed by atoms with Crippen molar-refractivity contribution in [3.63, 3.8) is 0 Å². The Morgan fingerprint density at radius 2 is 1.76 bits per heavy atom. The van der Waals surface area contributed by atoms with E-state index in [-0.39, 0.29) is 42.7 Å². The van der Waals surface area contributed by atoms with Crippen LogP contribution in [0.3, 0.4) is 0 Å². The summed E-state index contributed by atoms with van der Waals surface area (Å²) in [4.78, 5) is 69.5. The Labute approximate surface area is 303 Å². The Balaban J connectivity index is 1.83. The summed E-state index contributed by atoms with van der Waals surface area (Å²) >= 11 is 0. The first-order valence-corrected chi connectivity index (χ1v) is 19.0. The molecular weight excluding hydrogens is 673 g/mol. The number of terminal acetylenes is 1. The minimum atomic E-state index is -3.75. The van der Waals surface area contributed by atoms with Gasteiger partial charge in [-0.1, -0.05) is 66.2 Å². The van der Waals surface area contributed by atoms with Gasteiger partial charge in [-0.3, -0.25) is 19.2 Å². The minimum Gasteiger partial charge on any atom is -0.346 e. The second-order valence-electron chi connectivity index (χ2n) is 15.8. The summed E-state index contributed by atoms with van der Waals surface area (Å²) in [5, 5.41) is 10.9. The van der Waals surface area contributed by atoms with E-state index in [9.17, 15) is 32.4 Å². The molecule has 1 aliphatic heterocycles. The number of sulfonamides is 1. The van der Waals surface area contributed by atoms with Gasteiger partial charge in [0.1, 0.15) is 12.1 Å². The molecule has 1 saturated heterocycles. The van der Waals surface area contributed by atoms with Crippen molar-refractivity contribution in [1.82, 2.24) is 30.5 Å². The maximum atomic E-state index is 14.5. The summed E-state index contributed by atoms with van der Waals surface area (Å²) in [6.45, 7) is 15.0. The van der Waals surface area contributed by atoms with Crippen molar-refractivity contribution in [2.24, 2.45) is 22.7 Å². The lowest BCUT2D eigenvalue weighted by atomic mass is 9.85. The van der Waals surface area contributed by atoms with Gasteiger partial charge >= 0.3 is 6.03 Å². The number of carbonyl (C=O) groups excluding carboxylic acids is 5. The number of likely N-dealkylation sites (tertiary alicyclic amines) is 1. The average molecular weight is 729 g/mol. The number of fused-ring (bicyclic) bond motifs is 1. The van der Waals surface area contributed by atoms with Crippen LogP contribution in [-0.2, 0) is 29.2 Å². The zero-order valence-corrected chi connectivity index (χ0v) is 31.9. The van der Waals surface area contributed by atoms with Crippen molar-refractivity contribution in [2.45, 2.75) is 104 Å². The molecule has 282 valence electrons. The molecule has 3 rings (SSSR count). The third-order valence-corrected chi connectivity index (χ3v) is 11.9. The van der Waals surface area contributed by atoms with Gasteiger partial charge in [0.2, 0.25) is 27.6 Å². The number of hydrogen-bond acceptors (Lipinski definition) is 7. The molecule has 51 heavy (non-hydrogen) atoms.